The minimum Gasteiger partial charge on any atom is -0.488 e. The molecule has 3 nitrogen and oxygen atoms in total. The van der Waals surface area contributed by atoms with Crippen molar-refractivity contribution in [3.63, 3.8) is 0 Å². The number of hydrogen-bond donors (Lipinski definition) is 0. The summed E-state index contributed by atoms with van der Waals surface area (Å²) in [6.45, 7) is -0.159. The SMILES string of the molecule is N#Cc1ccc(F)c(COc2ccc(F)cc2C=O)c1. The highest BCUT2D eigenvalue weighted by Gasteiger charge is 2.08. The number of aldehydes is 1. The summed E-state index contributed by atoms with van der Waals surface area (Å²) in [6.07, 6.45) is 0.459. The van der Waals surface area contributed by atoms with Crippen LogP contribution in [0.4, 0.5) is 8.78 Å². The Morgan fingerprint density at radius 2 is 2.00 bits per heavy atom. The highest BCUT2D eigenvalue weighted by atomic mass is 19.1. The summed E-state index contributed by atoms with van der Waals surface area (Å²) >= 11 is 0. The molecule has 2 aromatic rings. The number of ether oxygens (including phenoxy) is 1. The minimum absolute atomic E-state index is 0.0434. The number of carbonyl (C=O) groups is 1. The van der Waals surface area contributed by atoms with Gasteiger partial charge in [-0.15, -0.1) is 0 Å². The van der Waals surface area contributed by atoms with Crippen LogP contribution in [0.25, 0.3) is 0 Å². The summed E-state index contributed by atoms with van der Waals surface area (Å²) in [5.41, 5.74) is 0.534. The van der Waals surface area contributed by atoms with Gasteiger partial charge in [0.2, 0.25) is 0 Å². The number of hydrogen-bond acceptors (Lipinski definition) is 3. The molecule has 0 bridgehead atoms. The van der Waals surface area contributed by atoms with Crippen LogP contribution in [0.15, 0.2) is 36.4 Å². The highest BCUT2D eigenvalue weighted by molar-refractivity contribution is 5.79. The monoisotopic (exact) mass is 273 g/mol. The number of benzene rings is 2. The van der Waals surface area contributed by atoms with Crippen LogP contribution in [-0.2, 0) is 6.61 Å². The maximum absolute atomic E-state index is 13.5. The van der Waals surface area contributed by atoms with Crippen molar-refractivity contribution in [1.29, 1.82) is 5.26 Å². The van der Waals surface area contributed by atoms with Crippen molar-refractivity contribution in [2.45, 2.75) is 6.61 Å². The molecule has 0 heterocycles. The van der Waals surface area contributed by atoms with Gasteiger partial charge >= 0.3 is 0 Å². The fourth-order valence-corrected chi connectivity index (χ4v) is 1.65. The first-order valence-corrected chi connectivity index (χ1v) is 5.70. The van der Waals surface area contributed by atoms with Crippen LogP contribution in [0.1, 0.15) is 21.5 Å². The third kappa shape index (κ3) is 2.98. The molecule has 0 fully saturated rings. The van der Waals surface area contributed by atoms with Gasteiger partial charge < -0.3 is 4.74 Å². The van der Waals surface area contributed by atoms with Gasteiger partial charge in [0, 0.05) is 5.56 Å². The molecule has 0 amide bonds. The molecule has 0 saturated carbocycles. The van der Waals surface area contributed by atoms with Crippen molar-refractivity contribution in [1.82, 2.24) is 0 Å². The van der Waals surface area contributed by atoms with Crippen LogP contribution >= 0.6 is 0 Å². The molecule has 0 saturated heterocycles. The summed E-state index contributed by atoms with van der Waals surface area (Å²) in [6, 6.07) is 9.25. The van der Waals surface area contributed by atoms with E-state index >= 15 is 0 Å². The molecule has 0 unspecified atom stereocenters. The standard InChI is InChI=1S/C15H9F2NO2/c16-13-2-4-15(11(6-13)8-19)20-9-12-5-10(7-18)1-3-14(12)17/h1-6,8H,9H2. The largest absolute Gasteiger partial charge is 0.488 e. The molecule has 0 aliphatic heterocycles. The number of carbonyl (C=O) groups excluding carboxylic acids is 1. The number of nitrogens with zero attached hydrogens (tertiary/aromatic N) is 1. The van der Waals surface area contributed by atoms with Gasteiger partial charge in [0.15, 0.2) is 6.29 Å². The fraction of sp³-hybridized carbons (Fsp3) is 0.0667. The molecule has 0 aliphatic rings. The molecule has 0 N–H and O–H groups in total. The van der Waals surface area contributed by atoms with E-state index in [2.05, 4.69) is 0 Å². The van der Waals surface area contributed by atoms with Gasteiger partial charge in [-0.05, 0) is 36.4 Å². The summed E-state index contributed by atoms with van der Waals surface area (Å²) < 4.78 is 31.8. The van der Waals surface area contributed by atoms with Crippen LogP contribution in [0.5, 0.6) is 5.75 Å². The zero-order valence-electron chi connectivity index (χ0n) is 10.3. The van der Waals surface area contributed by atoms with Crippen molar-refractivity contribution >= 4 is 6.29 Å². The van der Waals surface area contributed by atoms with E-state index in [0.29, 0.717) is 11.8 Å². The average molecular weight is 273 g/mol. The summed E-state index contributed by atoms with van der Waals surface area (Å²) in [7, 11) is 0. The molecular weight excluding hydrogens is 264 g/mol. The van der Waals surface area contributed by atoms with E-state index in [1.54, 1.807) is 0 Å². The quantitative estimate of drug-likeness (QED) is 0.803. The lowest BCUT2D eigenvalue weighted by molar-refractivity contribution is 0.111. The zero-order valence-corrected chi connectivity index (χ0v) is 10.3. The van der Waals surface area contributed by atoms with Crippen molar-refractivity contribution in [3.05, 3.63) is 64.7 Å². The Morgan fingerprint density at radius 3 is 2.70 bits per heavy atom. The van der Waals surface area contributed by atoms with Crippen LogP contribution < -0.4 is 4.74 Å². The number of nitriles is 1. The normalized spacial score (nSPS) is 9.85. The topological polar surface area (TPSA) is 50.1 Å². The molecule has 0 atom stereocenters. The second-order valence-corrected chi connectivity index (χ2v) is 4.01. The Bertz CT molecular complexity index is 693. The van der Waals surface area contributed by atoms with Crippen LogP contribution in [0, 0.1) is 23.0 Å². The van der Waals surface area contributed by atoms with Gasteiger partial charge in [0.25, 0.3) is 0 Å². The van der Waals surface area contributed by atoms with Crippen molar-refractivity contribution < 1.29 is 18.3 Å². The third-order valence-electron chi connectivity index (χ3n) is 2.66. The van der Waals surface area contributed by atoms with Gasteiger partial charge in [0.1, 0.15) is 24.0 Å². The predicted octanol–water partition coefficient (Wildman–Crippen LogP) is 3.23. The van der Waals surface area contributed by atoms with Gasteiger partial charge in [-0.2, -0.15) is 5.26 Å². The van der Waals surface area contributed by atoms with Crippen molar-refractivity contribution in [3.8, 4) is 11.8 Å². The molecule has 2 aromatic carbocycles. The second-order valence-electron chi connectivity index (χ2n) is 4.01. The summed E-state index contributed by atoms with van der Waals surface area (Å²) in [5.74, 6) is -0.918. The van der Waals surface area contributed by atoms with Gasteiger partial charge in [-0.1, -0.05) is 0 Å². The lowest BCUT2D eigenvalue weighted by Gasteiger charge is -2.09. The van der Waals surface area contributed by atoms with Gasteiger partial charge in [-0.3, -0.25) is 4.79 Å². The molecule has 0 aromatic heterocycles. The molecule has 2 rings (SSSR count). The Hall–Kier alpha value is -2.74. The van der Waals surface area contributed by atoms with Crippen LogP contribution in [0.3, 0.4) is 0 Å². The average Bonchev–Trinajstić information content (AvgIpc) is 2.47. The van der Waals surface area contributed by atoms with Gasteiger partial charge in [-0.25, -0.2) is 8.78 Å². The van der Waals surface area contributed by atoms with E-state index in [9.17, 15) is 13.6 Å². The van der Waals surface area contributed by atoms with Crippen LogP contribution in [-0.4, -0.2) is 6.29 Å². The fourth-order valence-electron chi connectivity index (χ4n) is 1.65. The molecule has 5 heteroatoms. The van der Waals surface area contributed by atoms with Crippen LogP contribution in [0.2, 0.25) is 0 Å². The van der Waals surface area contributed by atoms with E-state index < -0.39 is 11.6 Å². The second kappa shape index (κ2) is 5.93. The Kier molecular flexibility index (Phi) is 4.06. The highest BCUT2D eigenvalue weighted by Crippen LogP contribution is 2.20. The maximum atomic E-state index is 13.5. The zero-order chi connectivity index (χ0) is 14.5. The molecule has 0 aliphatic carbocycles. The minimum atomic E-state index is -0.558. The number of halogens is 2. The summed E-state index contributed by atoms with van der Waals surface area (Å²) in [5, 5.41) is 8.75. The molecule has 100 valence electrons. The lowest BCUT2D eigenvalue weighted by Crippen LogP contribution is -2.01. The molecule has 0 radical (unpaired) electrons. The predicted molar refractivity (Wildman–Crippen MR) is 67.2 cm³/mol. The molecule has 20 heavy (non-hydrogen) atoms. The van der Waals surface area contributed by atoms with Gasteiger partial charge in [0.05, 0.1) is 17.2 Å². The van der Waals surface area contributed by atoms with E-state index in [4.69, 9.17) is 10.00 Å². The first-order valence-electron chi connectivity index (χ1n) is 5.70. The smallest absolute Gasteiger partial charge is 0.153 e. The van der Waals surface area contributed by atoms with Crippen molar-refractivity contribution in [2.75, 3.05) is 0 Å². The first-order chi connectivity index (χ1) is 9.63. The molecule has 0 spiro atoms. The first kappa shape index (κ1) is 13.7. The third-order valence-corrected chi connectivity index (χ3v) is 2.66. The Balaban J connectivity index is 2.21. The van der Waals surface area contributed by atoms with E-state index in [1.807, 2.05) is 6.07 Å². The summed E-state index contributed by atoms with van der Waals surface area (Å²) in [4.78, 5) is 10.8. The lowest BCUT2D eigenvalue weighted by atomic mass is 10.1. The Labute approximate surface area is 114 Å². The van der Waals surface area contributed by atoms with E-state index in [-0.39, 0.29) is 23.5 Å². The van der Waals surface area contributed by atoms with E-state index in [1.165, 1.54) is 24.3 Å². The Morgan fingerprint density at radius 1 is 1.20 bits per heavy atom. The van der Waals surface area contributed by atoms with Crippen molar-refractivity contribution in [2.24, 2.45) is 0 Å². The number of rotatable bonds is 4. The molecular formula is C15H9F2NO2. The maximum Gasteiger partial charge on any atom is 0.153 e. The van der Waals surface area contributed by atoms with E-state index in [0.717, 1.165) is 12.1 Å².